The maximum absolute atomic E-state index is 14.1. The minimum Gasteiger partial charge on any atom is -0.457 e. The van der Waals surface area contributed by atoms with Gasteiger partial charge in [-0.3, -0.25) is 0 Å². The Morgan fingerprint density at radius 2 is 1.86 bits per heavy atom. The largest absolute Gasteiger partial charge is 0.457 e. The van der Waals surface area contributed by atoms with E-state index in [0.717, 1.165) is 17.7 Å². The van der Waals surface area contributed by atoms with Crippen molar-refractivity contribution in [3.8, 4) is 11.5 Å². The third kappa shape index (κ3) is 3.42. The number of rotatable bonds is 6. The average Bonchev–Trinajstić information content (AvgIpc) is 3.31. The van der Waals surface area contributed by atoms with E-state index in [1.807, 2.05) is 30.3 Å². The number of nitrogens with one attached hydrogen (secondary N) is 1. The van der Waals surface area contributed by atoms with Gasteiger partial charge < -0.3 is 10.1 Å². The summed E-state index contributed by atoms with van der Waals surface area (Å²) in [6.07, 6.45) is 3.26. The molecule has 21 heavy (non-hydrogen) atoms. The Morgan fingerprint density at radius 1 is 1.10 bits per heavy atom. The fraction of sp³-hybridized carbons (Fsp3) is 0.333. The number of para-hydroxylation sites is 1. The highest BCUT2D eigenvalue weighted by molar-refractivity contribution is 5.42. The molecule has 0 atom stereocenters. The van der Waals surface area contributed by atoms with Crippen LogP contribution in [0.25, 0.3) is 0 Å². The van der Waals surface area contributed by atoms with Gasteiger partial charge in [0.05, 0.1) is 0 Å². The van der Waals surface area contributed by atoms with Gasteiger partial charge >= 0.3 is 0 Å². The standard InChI is InChI=1S/C18H20FNO/c1-2-13-6-3-4-8-17(13)21-18-9-5-7-16(19)15(18)12-20-14-10-11-14/h3-9,14,20H,2,10-12H2,1H3. The van der Waals surface area contributed by atoms with Gasteiger partial charge in [-0.05, 0) is 43.0 Å². The Labute approximate surface area is 125 Å². The van der Waals surface area contributed by atoms with Crippen molar-refractivity contribution in [3.05, 3.63) is 59.4 Å². The third-order valence-corrected chi connectivity index (χ3v) is 3.79. The van der Waals surface area contributed by atoms with Crippen molar-refractivity contribution >= 4 is 0 Å². The van der Waals surface area contributed by atoms with Crippen LogP contribution in [-0.2, 0) is 13.0 Å². The fourth-order valence-electron chi connectivity index (χ4n) is 2.35. The van der Waals surface area contributed by atoms with Crippen LogP contribution in [0, 0.1) is 5.82 Å². The van der Waals surface area contributed by atoms with Gasteiger partial charge in [-0.15, -0.1) is 0 Å². The molecular formula is C18H20FNO. The van der Waals surface area contributed by atoms with E-state index in [4.69, 9.17) is 4.74 Å². The molecule has 0 spiro atoms. The molecule has 1 fully saturated rings. The van der Waals surface area contributed by atoms with Crippen LogP contribution in [0.1, 0.15) is 30.9 Å². The Morgan fingerprint density at radius 3 is 2.62 bits per heavy atom. The van der Waals surface area contributed by atoms with Crippen molar-refractivity contribution < 1.29 is 9.13 Å². The smallest absolute Gasteiger partial charge is 0.134 e. The van der Waals surface area contributed by atoms with Crippen molar-refractivity contribution in [1.82, 2.24) is 5.32 Å². The first-order valence-corrected chi connectivity index (χ1v) is 7.54. The maximum atomic E-state index is 14.1. The fourth-order valence-corrected chi connectivity index (χ4v) is 2.35. The van der Waals surface area contributed by atoms with Gasteiger partial charge in [0.15, 0.2) is 0 Å². The number of aryl methyl sites for hydroxylation is 1. The average molecular weight is 285 g/mol. The SMILES string of the molecule is CCc1ccccc1Oc1cccc(F)c1CNC1CC1. The monoisotopic (exact) mass is 285 g/mol. The van der Waals surface area contributed by atoms with Gasteiger partial charge in [0.25, 0.3) is 0 Å². The van der Waals surface area contributed by atoms with Gasteiger partial charge in [0.1, 0.15) is 17.3 Å². The van der Waals surface area contributed by atoms with Crippen LogP contribution in [0.3, 0.4) is 0 Å². The van der Waals surface area contributed by atoms with Crippen molar-refractivity contribution in [2.45, 2.75) is 38.8 Å². The second-order valence-electron chi connectivity index (χ2n) is 5.44. The summed E-state index contributed by atoms with van der Waals surface area (Å²) in [6, 6.07) is 13.5. The van der Waals surface area contributed by atoms with E-state index in [9.17, 15) is 4.39 Å². The second kappa shape index (κ2) is 6.27. The summed E-state index contributed by atoms with van der Waals surface area (Å²) in [5, 5.41) is 3.35. The van der Waals surface area contributed by atoms with E-state index in [1.54, 1.807) is 6.07 Å². The van der Waals surface area contributed by atoms with Crippen molar-refractivity contribution in [3.63, 3.8) is 0 Å². The highest BCUT2D eigenvalue weighted by atomic mass is 19.1. The molecule has 1 N–H and O–H groups in total. The summed E-state index contributed by atoms with van der Waals surface area (Å²) in [5.41, 5.74) is 1.73. The van der Waals surface area contributed by atoms with Gasteiger partial charge in [0, 0.05) is 18.2 Å². The van der Waals surface area contributed by atoms with Crippen LogP contribution in [-0.4, -0.2) is 6.04 Å². The molecule has 0 saturated heterocycles. The lowest BCUT2D eigenvalue weighted by atomic mass is 10.1. The first-order chi connectivity index (χ1) is 10.3. The van der Waals surface area contributed by atoms with Gasteiger partial charge in [-0.1, -0.05) is 31.2 Å². The summed E-state index contributed by atoms with van der Waals surface area (Å²) in [6.45, 7) is 2.60. The molecule has 2 nitrogen and oxygen atoms in total. The van der Waals surface area contributed by atoms with Crippen LogP contribution in [0.2, 0.25) is 0 Å². The zero-order chi connectivity index (χ0) is 14.7. The highest BCUT2D eigenvalue weighted by Crippen LogP contribution is 2.30. The lowest BCUT2D eigenvalue weighted by Crippen LogP contribution is -2.16. The normalized spacial score (nSPS) is 14.2. The number of ether oxygens (including phenoxy) is 1. The van der Waals surface area contributed by atoms with Gasteiger partial charge in [0.2, 0.25) is 0 Å². The summed E-state index contributed by atoms with van der Waals surface area (Å²) < 4.78 is 20.1. The summed E-state index contributed by atoms with van der Waals surface area (Å²) in [5.74, 6) is 1.19. The molecule has 0 aromatic heterocycles. The Bertz CT molecular complexity index is 622. The first kappa shape index (κ1) is 14.1. The Hall–Kier alpha value is -1.87. The van der Waals surface area contributed by atoms with E-state index in [0.29, 0.717) is 23.9 Å². The molecule has 1 aliphatic carbocycles. The zero-order valence-electron chi connectivity index (χ0n) is 12.2. The van der Waals surface area contributed by atoms with E-state index < -0.39 is 0 Å². The molecule has 0 unspecified atom stereocenters. The molecule has 110 valence electrons. The molecule has 3 heteroatoms. The highest BCUT2D eigenvalue weighted by Gasteiger charge is 2.21. The van der Waals surface area contributed by atoms with E-state index in [2.05, 4.69) is 12.2 Å². The quantitative estimate of drug-likeness (QED) is 0.847. The molecule has 0 amide bonds. The van der Waals surface area contributed by atoms with E-state index >= 15 is 0 Å². The Balaban J connectivity index is 1.84. The third-order valence-electron chi connectivity index (χ3n) is 3.79. The van der Waals surface area contributed by atoms with Crippen LogP contribution in [0.4, 0.5) is 4.39 Å². The number of hydrogen-bond donors (Lipinski definition) is 1. The van der Waals surface area contributed by atoms with Crippen LogP contribution < -0.4 is 10.1 Å². The van der Waals surface area contributed by atoms with Gasteiger partial charge in [-0.25, -0.2) is 4.39 Å². The lowest BCUT2D eigenvalue weighted by Gasteiger charge is -2.14. The van der Waals surface area contributed by atoms with E-state index in [-0.39, 0.29) is 5.82 Å². The predicted octanol–water partition coefficient (Wildman–Crippen LogP) is 4.43. The molecule has 0 aliphatic heterocycles. The molecule has 1 aliphatic rings. The maximum Gasteiger partial charge on any atom is 0.134 e. The molecular weight excluding hydrogens is 265 g/mol. The zero-order valence-corrected chi connectivity index (χ0v) is 12.2. The molecule has 3 rings (SSSR count). The topological polar surface area (TPSA) is 21.3 Å². The number of hydrogen-bond acceptors (Lipinski definition) is 2. The van der Waals surface area contributed by atoms with Crippen molar-refractivity contribution in [1.29, 1.82) is 0 Å². The molecule has 0 heterocycles. The van der Waals surface area contributed by atoms with Gasteiger partial charge in [-0.2, -0.15) is 0 Å². The second-order valence-corrected chi connectivity index (χ2v) is 5.44. The molecule has 1 saturated carbocycles. The molecule has 2 aromatic rings. The molecule has 0 bridgehead atoms. The summed E-state index contributed by atoms with van der Waals surface area (Å²) in [7, 11) is 0. The lowest BCUT2D eigenvalue weighted by molar-refractivity contribution is 0.457. The van der Waals surface area contributed by atoms with Crippen molar-refractivity contribution in [2.24, 2.45) is 0 Å². The van der Waals surface area contributed by atoms with Crippen LogP contribution >= 0.6 is 0 Å². The molecule has 0 radical (unpaired) electrons. The van der Waals surface area contributed by atoms with Crippen LogP contribution in [0.15, 0.2) is 42.5 Å². The number of halogens is 1. The Kier molecular flexibility index (Phi) is 4.20. The molecule has 2 aromatic carbocycles. The summed E-state index contributed by atoms with van der Waals surface area (Å²) >= 11 is 0. The summed E-state index contributed by atoms with van der Waals surface area (Å²) in [4.78, 5) is 0. The van der Waals surface area contributed by atoms with E-state index in [1.165, 1.54) is 18.9 Å². The number of benzene rings is 2. The van der Waals surface area contributed by atoms with Crippen LogP contribution in [0.5, 0.6) is 11.5 Å². The first-order valence-electron chi connectivity index (χ1n) is 7.54. The predicted molar refractivity (Wildman–Crippen MR) is 82.2 cm³/mol. The minimum absolute atomic E-state index is 0.213. The van der Waals surface area contributed by atoms with Crippen molar-refractivity contribution in [2.75, 3.05) is 0 Å². The minimum atomic E-state index is -0.213.